The van der Waals surface area contributed by atoms with Crippen molar-refractivity contribution in [2.24, 2.45) is 0 Å². The number of carbonyl (C=O) groups is 2. The van der Waals surface area contributed by atoms with Gasteiger partial charge < -0.3 is 20.1 Å². The number of hydrogen-bond acceptors (Lipinski definition) is 4. The number of carboxylic acid groups (broad SMARTS) is 2. The monoisotopic (exact) mass is 415 g/mol. The Kier molecular flexibility index (Phi) is 6.52. The Morgan fingerprint density at radius 1 is 0.677 bits per heavy atom. The largest absolute Gasteiger partial charge is 0.507 e. The van der Waals surface area contributed by atoms with Crippen molar-refractivity contribution < 1.29 is 29.6 Å². The average Bonchev–Trinajstić information content (AvgIpc) is 2.77. The number of benzene rings is 3. The van der Waals surface area contributed by atoms with Crippen LogP contribution in [0, 0.1) is 0 Å². The molecule has 6 nitrogen and oxygen atoms in total. The van der Waals surface area contributed by atoms with Gasteiger partial charge in [-0.3, -0.25) is 0 Å². The predicted molar refractivity (Wildman–Crippen MR) is 119 cm³/mol. The van der Waals surface area contributed by atoms with Gasteiger partial charge in [0.15, 0.2) is 0 Å². The van der Waals surface area contributed by atoms with Gasteiger partial charge in [0.05, 0.1) is 7.11 Å². The molecule has 156 valence electrons. The molecule has 0 spiro atoms. The minimum atomic E-state index is -1.18. The first-order chi connectivity index (χ1) is 14.9. The fraction of sp³-hybridized carbons (Fsp3) is 0.0400. The normalized spacial score (nSPS) is 11.1. The lowest BCUT2D eigenvalue weighted by atomic mass is 10.1. The zero-order chi connectivity index (χ0) is 22.4. The third kappa shape index (κ3) is 5.39. The first-order valence-corrected chi connectivity index (χ1v) is 9.31. The van der Waals surface area contributed by atoms with Crippen LogP contribution < -0.4 is 4.74 Å². The molecule has 0 bridgehead atoms. The molecule has 0 radical (unpaired) electrons. The van der Waals surface area contributed by atoms with Gasteiger partial charge in [0.2, 0.25) is 0 Å². The lowest BCUT2D eigenvalue weighted by Gasteiger charge is -2.05. The Balaban J connectivity index is 1.73. The van der Waals surface area contributed by atoms with E-state index < -0.39 is 11.9 Å². The Labute approximate surface area is 179 Å². The summed E-state index contributed by atoms with van der Waals surface area (Å²) in [5, 5.41) is 27.9. The minimum absolute atomic E-state index is 0.102. The van der Waals surface area contributed by atoms with E-state index in [2.05, 4.69) is 0 Å². The van der Waals surface area contributed by atoms with Gasteiger partial charge in [-0.15, -0.1) is 0 Å². The van der Waals surface area contributed by atoms with Crippen molar-refractivity contribution in [2.75, 3.05) is 7.11 Å². The molecule has 3 N–H and O–H groups in total. The van der Waals surface area contributed by atoms with Gasteiger partial charge in [-0.1, -0.05) is 60.7 Å². The molecule has 0 aliphatic heterocycles. The fourth-order valence-electron chi connectivity index (χ4n) is 2.93. The van der Waals surface area contributed by atoms with Crippen LogP contribution in [0.25, 0.3) is 24.3 Å². The molecule has 0 aliphatic rings. The van der Waals surface area contributed by atoms with Crippen LogP contribution in [0.15, 0.2) is 60.7 Å². The summed E-state index contributed by atoms with van der Waals surface area (Å²) in [7, 11) is 1.43. The van der Waals surface area contributed by atoms with Crippen LogP contribution in [-0.4, -0.2) is 34.4 Å². The van der Waals surface area contributed by atoms with Crippen LogP contribution in [0.1, 0.15) is 43.0 Å². The van der Waals surface area contributed by atoms with Gasteiger partial charge in [0, 0.05) is 0 Å². The summed E-state index contributed by atoms with van der Waals surface area (Å²) in [5.41, 5.74) is 3.21. The lowest BCUT2D eigenvalue weighted by Crippen LogP contribution is -2.00. The van der Waals surface area contributed by atoms with Crippen LogP contribution in [0.2, 0.25) is 0 Å². The van der Waals surface area contributed by atoms with Crippen LogP contribution >= 0.6 is 0 Å². The second-order valence-electron chi connectivity index (χ2n) is 6.68. The third-order valence-corrected chi connectivity index (χ3v) is 4.58. The number of aromatic hydroxyl groups is 1. The van der Waals surface area contributed by atoms with Crippen molar-refractivity contribution in [3.8, 4) is 11.5 Å². The van der Waals surface area contributed by atoms with E-state index in [0.29, 0.717) is 11.3 Å². The number of rotatable bonds is 7. The minimum Gasteiger partial charge on any atom is -0.507 e. The molecule has 0 amide bonds. The van der Waals surface area contributed by atoms with Gasteiger partial charge in [-0.2, -0.15) is 0 Å². The molecule has 6 heteroatoms. The highest BCUT2D eigenvalue weighted by molar-refractivity contribution is 5.92. The summed E-state index contributed by atoms with van der Waals surface area (Å²) in [4.78, 5) is 22.4. The summed E-state index contributed by atoms with van der Waals surface area (Å²) in [6.07, 6.45) is 7.30. The van der Waals surface area contributed by atoms with Gasteiger partial charge in [0.25, 0.3) is 0 Å². The molecule has 3 rings (SSSR count). The molecule has 0 fully saturated rings. The van der Waals surface area contributed by atoms with Crippen molar-refractivity contribution in [2.45, 2.75) is 0 Å². The molecular formula is C25H20O6. The highest BCUT2D eigenvalue weighted by Gasteiger charge is 2.11. The lowest BCUT2D eigenvalue weighted by molar-refractivity contribution is 0.0682. The molecule has 0 aromatic heterocycles. The van der Waals surface area contributed by atoms with Crippen molar-refractivity contribution in [1.82, 2.24) is 0 Å². The van der Waals surface area contributed by atoms with Crippen molar-refractivity contribution in [3.05, 3.63) is 94.0 Å². The number of phenols is 1. The molecule has 3 aromatic rings. The molecule has 0 saturated heterocycles. The number of carboxylic acids is 2. The second kappa shape index (κ2) is 9.45. The molecule has 0 atom stereocenters. The molecule has 3 aromatic carbocycles. The molecule has 0 saturated carbocycles. The van der Waals surface area contributed by atoms with E-state index in [-0.39, 0.29) is 16.9 Å². The molecular weight excluding hydrogens is 395 g/mol. The van der Waals surface area contributed by atoms with Gasteiger partial charge in [0.1, 0.15) is 22.6 Å². The number of aromatic carboxylic acids is 2. The standard InChI is InChI=1S/C25H20O6/c1-31-23-13-11-19(15-21(23)25(29)30)9-7-17-4-2-16(3-5-17)6-8-18-10-12-22(26)20(14-18)24(27)28/h2-15,26H,1H3,(H,27,28)(H,29,30)/i1-1. The average molecular weight is 415 g/mol. The summed E-state index contributed by atoms with van der Waals surface area (Å²) >= 11 is 0. The molecule has 0 heterocycles. The number of methoxy groups -OCH3 is 1. The SMILES string of the molecule is [11CH3]Oc1ccc(C=Cc2ccc(C=Cc3ccc(O)c(C(=O)O)c3)cc2)cc1C(=O)O. The van der Waals surface area contributed by atoms with Crippen molar-refractivity contribution in [1.29, 1.82) is 0 Å². The summed E-state index contributed by atoms with van der Waals surface area (Å²) in [6, 6.07) is 17.0. The van der Waals surface area contributed by atoms with Crippen LogP contribution in [0.3, 0.4) is 0 Å². The smallest absolute Gasteiger partial charge is 0.339 e. The maximum Gasteiger partial charge on any atom is 0.339 e. The second-order valence-corrected chi connectivity index (χ2v) is 6.68. The van der Waals surface area contributed by atoms with E-state index in [1.54, 1.807) is 30.3 Å². The molecule has 0 aliphatic carbocycles. The predicted octanol–water partition coefficient (Wildman–Crippen LogP) is 5.14. The molecule has 31 heavy (non-hydrogen) atoms. The highest BCUT2D eigenvalue weighted by atomic mass is 16.4. The number of hydrogen-bond donors (Lipinski definition) is 3. The van der Waals surface area contributed by atoms with Crippen LogP contribution in [0.5, 0.6) is 11.5 Å². The summed E-state index contributed by atoms with van der Waals surface area (Å²) < 4.78 is 5.06. The fourth-order valence-corrected chi connectivity index (χ4v) is 2.93. The van der Waals surface area contributed by atoms with Crippen LogP contribution in [-0.2, 0) is 0 Å². The first-order valence-electron chi connectivity index (χ1n) is 9.31. The highest BCUT2D eigenvalue weighted by Crippen LogP contribution is 2.22. The van der Waals surface area contributed by atoms with E-state index in [4.69, 9.17) is 9.84 Å². The van der Waals surface area contributed by atoms with E-state index in [9.17, 15) is 19.8 Å². The Morgan fingerprint density at radius 2 is 1.10 bits per heavy atom. The topological polar surface area (TPSA) is 104 Å². The summed E-state index contributed by atoms with van der Waals surface area (Å²) in [6.45, 7) is 0. The maximum atomic E-state index is 11.3. The Hall–Kier alpha value is -4.32. The van der Waals surface area contributed by atoms with Gasteiger partial charge in [-0.25, -0.2) is 9.59 Å². The zero-order valence-corrected chi connectivity index (χ0v) is 16.6. The third-order valence-electron chi connectivity index (χ3n) is 4.58. The quantitative estimate of drug-likeness (QED) is 0.462. The number of ether oxygens (including phenoxy) is 1. The van der Waals surface area contributed by atoms with Crippen molar-refractivity contribution in [3.63, 3.8) is 0 Å². The van der Waals surface area contributed by atoms with E-state index in [1.807, 2.05) is 42.5 Å². The van der Waals surface area contributed by atoms with Gasteiger partial charge in [-0.05, 0) is 46.5 Å². The van der Waals surface area contributed by atoms with E-state index in [0.717, 1.165) is 16.7 Å². The van der Waals surface area contributed by atoms with E-state index >= 15 is 0 Å². The Morgan fingerprint density at radius 3 is 1.58 bits per heavy atom. The molecule has 0 unspecified atom stereocenters. The van der Waals surface area contributed by atoms with E-state index in [1.165, 1.54) is 19.2 Å². The first kappa shape index (κ1) is 21.4. The summed E-state index contributed by atoms with van der Waals surface area (Å²) in [5.74, 6) is -2.19. The van der Waals surface area contributed by atoms with Crippen LogP contribution in [0.4, 0.5) is 0 Å². The van der Waals surface area contributed by atoms with Gasteiger partial charge >= 0.3 is 11.9 Å². The van der Waals surface area contributed by atoms with Crippen molar-refractivity contribution >= 4 is 36.2 Å². The zero-order valence-electron chi connectivity index (χ0n) is 16.6. The maximum absolute atomic E-state index is 11.3. The Bertz CT molecular complexity index is 1170.